The van der Waals surface area contributed by atoms with E-state index in [4.69, 9.17) is 29.2 Å². The van der Waals surface area contributed by atoms with E-state index < -0.39 is 11.8 Å². The Labute approximate surface area is 127 Å². The summed E-state index contributed by atoms with van der Waals surface area (Å²) < 4.78 is 20.2. The largest absolute Gasteiger partial charge is 0.463 e. The van der Waals surface area contributed by atoms with Gasteiger partial charge in [0.05, 0.1) is 6.61 Å². The normalized spacial score (nSPS) is 10.2. The highest BCUT2D eigenvalue weighted by atomic mass is 32.1. The molecule has 1 rings (SSSR count). The summed E-state index contributed by atoms with van der Waals surface area (Å²) >= 11 is 9.82. The number of ether oxygens (including phenoxy) is 1. The molecule has 0 aliphatic heterocycles. The zero-order valence-electron chi connectivity index (χ0n) is 11.1. The van der Waals surface area contributed by atoms with Crippen molar-refractivity contribution in [2.75, 3.05) is 6.61 Å². The van der Waals surface area contributed by atoms with Gasteiger partial charge in [0.2, 0.25) is 0 Å². The smallest absolute Gasteiger partial charge is 0.330 e. The van der Waals surface area contributed by atoms with Crippen LogP contribution in [-0.4, -0.2) is 22.1 Å². The van der Waals surface area contributed by atoms with Crippen LogP contribution in [0.1, 0.15) is 25.7 Å². The Bertz CT molecular complexity index is 580. The first-order valence-electron chi connectivity index (χ1n) is 6.33. The Morgan fingerprint density at radius 3 is 2.80 bits per heavy atom. The van der Waals surface area contributed by atoms with Crippen LogP contribution in [0.15, 0.2) is 18.9 Å². The fourth-order valence-electron chi connectivity index (χ4n) is 1.62. The summed E-state index contributed by atoms with van der Waals surface area (Å²) in [5, 5.41) is 0. The number of hydrogen-bond donors (Lipinski definition) is 1. The van der Waals surface area contributed by atoms with Crippen LogP contribution in [0.25, 0.3) is 0 Å². The maximum atomic E-state index is 13.3. The monoisotopic (exact) mass is 316 g/mol. The van der Waals surface area contributed by atoms with E-state index in [0.29, 0.717) is 17.9 Å². The molecule has 0 unspecified atom stereocenters. The van der Waals surface area contributed by atoms with E-state index in [0.717, 1.165) is 31.8 Å². The van der Waals surface area contributed by atoms with Crippen molar-refractivity contribution in [3.63, 3.8) is 0 Å². The zero-order valence-corrected chi connectivity index (χ0v) is 12.7. The van der Waals surface area contributed by atoms with Gasteiger partial charge in [0.15, 0.2) is 10.6 Å². The lowest BCUT2D eigenvalue weighted by Crippen LogP contribution is -2.05. The van der Waals surface area contributed by atoms with Crippen molar-refractivity contribution in [1.29, 1.82) is 0 Å². The van der Waals surface area contributed by atoms with Gasteiger partial charge in [0.25, 0.3) is 0 Å². The van der Waals surface area contributed by atoms with Gasteiger partial charge in [0, 0.05) is 18.8 Å². The quantitative estimate of drug-likeness (QED) is 0.344. The summed E-state index contributed by atoms with van der Waals surface area (Å²) in [6.07, 6.45) is 6.03. The van der Waals surface area contributed by atoms with Crippen molar-refractivity contribution in [2.45, 2.75) is 32.2 Å². The van der Waals surface area contributed by atoms with Gasteiger partial charge in [-0.25, -0.2) is 9.18 Å². The number of esters is 1. The third-order valence-corrected chi connectivity index (χ3v) is 3.31. The second kappa shape index (κ2) is 8.76. The number of carbonyl (C=O) groups is 1. The molecule has 1 heterocycles. The molecule has 110 valence electrons. The minimum absolute atomic E-state index is 0.0373. The first kappa shape index (κ1) is 16.7. The molecule has 0 bridgehead atoms. The standard InChI is InChI=1S/C13H17FN2O2S2/c1-2-11(17)18-8-6-4-3-5-7-16-9-10(14)12(19)15-13(16)20/h2,9H,1,3-8H2,(H,15,19,20). The molecular formula is C13H17FN2O2S2. The molecule has 20 heavy (non-hydrogen) atoms. The van der Waals surface area contributed by atoms with E-state index in [1.54, 1.807) is 4.57 Å². The summed E-state index contributed by atoms with van der Waals surface area (Å²) in [6, 6.07) is 0. The van der Waals surface area contributed by atoms with E-state index in [2.05, 4.69) is 11.6 Å². The average molecular weight is 316 g/mol. The predicted molar refractivity (Wildman–Crippen MR) is 80.0 cm³/mol. The minimum Gasteiger partial charge on any atom is -0.463 e. The Kier molecular flexibility index (Phi) is 7.32. The van der Waals surface area contributed by atoms with Gasteiger partial charge < -0.3 is 14.3 Å². The van der Waals surface area contributed by atoms with Crippen LogP contribution in [0, 0.1) is 15.2 Å². The number of rotatable bonds is 8. The van der Waals surface area contributed by atoms with E-state index in [1.807, 2.05) is 0 Å². The average Bonchev–Trinajstić information content (AvgIpc) is 2.42. The summed E-state index contributed by atoms with van der Waals surface area (Å²) in [7, 11) is 0. The van der Waals surface area contributed by atoms with Gasteiger partial charge in [-0.3, -0.25) is 0 Å². The summed E-state index contributed by atoms with van der Waals surface area (Å²) in [5.41, 5.74) is 0. The first-order chi connectivity index (χ1) is 9.54. The second-order valence-corrected chi connectivity index (χ2v) is 5.01. The van der Waals surface area contributed by atoms with Crippen molar-refractivity contribution < 1.29 is 13.9 Å². The molecule has 0 aliphatic carbocycles. The molecule has 0 fully saturated rings. The third kappa shape index (κ3) is 5.75. The molecule has 0 spiro atoms. The van der Waals surface area contributed by atoms with Crippen LogP contribution in [0.4, 0.5) is 4.39 Å². The van der Waals surface area contributed by atoms with Crippen LogP contribution in [0.2, 0.25) is 0 Å². The zero-order chi connectivity index (χ0) is 15.0. The van der Waals surface area contributed by atoms with E-state index >= 15 is 0 Å². The molecule has 0 saturated heterocycles. The van der Waals surface area contributed by atoms with Gasteiger partial charge in [-0.15, -0.1) is 0 Å². The number of unbranched alkanes of at least 4 members (excludes halogenated alkanes) is 3. The fraction of sp³-hybridized carbons (Fsp3) is 0.462. The van der Waals surface area contributed by atoms with Crippen molar-refractivity contribution >= 4 is 30.4 Å². The lowest BCUT2D eigenvalue weighted by molar-refractivity contribution is -0.137. The molecule has 0 amide bonds. The molecular weight excluding hydrogens is 299 g/mol. The van der Waals surface area contributed by atoms with Crippen LogP contribution in [0.5, 0.6) is 0 Å². The number of carbonyl (C=O) groups excluding carboxylic acids is 1. The summed E-state index contributed by atoms with van der Waals surface area (Å²) in [6.45, 7) is 4.35. The van der Waals surface area contributed by atoms with Crippen molar-refractivity contribution in [2.24, 2.45) is 0 Å². The van der Waals surface area contributed by atoms with Crippen LogP contribution >= 0.6 is 24.4 Å². The highest BCUT2D eigenvalue weighted by Crippen LogP contribution is 2.05. The fourth-order valence-corrected chi connectivity index (χ4v) is 2.08. The Morgan fingerprint density at radius 2 is 2.10 bits per heavy atom. The van der Waals surface area contributed by atoms with Gasteiger partial charge in [0.1, 0.15) is 4.64 Å². The SMILES string of the molecule is C=CC(=O)OCCCCCCn1cc(F)c(=S)[nH]c1=S. The van der Waals surface area contributed by atoms with Gasteiger partial charge in [-0.1, -0.05) is 25.2 Å². The van der Waals surface area contributed by atoms with Crippen molar-refractivity contribution in [3.8, 4) is 0 Å². The maximum absolute atomic E-state index is 13.3. The van der Waals surface area contributed by atoms with E-state index in [9.17, 15) is 9.18 Å². The highest BCUT2D eigenvalue weighted by molar-refractivity contribution is 7.72. The maximum Gasteiger partial charge on any atom is 0.330 e. The molecule has 0 aliphatic rings. The number of hydrogen-bond acceptors (Lipinski definition) is 4. The molecule has 4 nitrogen and oxygen atoms in total. The Balaban J connectivity index is 2.23. The molecule has 0 radical (unpaired) electrons. The molecule has 0 aromatic carbocycles. The topological polar surface area (TPSA) is 47.0 Å². The van der Waals surface area contributed by atoms with Crippen LogP contribution < -0.4 is 0 Å². The number of aromatic amines is 1. The predicted octanol–water partition coefficient (Wildman–Crippen LogP) is 3.70. The molecule has 1 N–H and O–H groups in total. The lowest BCUT2D eigenvalue weighted by atomic mass is 10.2. The van der Waals surface area contributed by atoms with Gasteiger partial charge >= 0.3 is 5.97 Å². The summed E-state index contributed by atoms with van der Waals surface area (Å²) in [5.74, 6) is -0.865. The van der Waals surface area contributed by atoms with Crippen LogP contribution in [-0.2, 0) is 16.1 Å². The molecule has 7 heteroatoms. The van der Waals surface area contributed by atoms with E-state index in [1.165, 1.54) is 6.20 Å². The summed E-state index contributed by atoms with van der Waals surface area (Å²) in [4.78, 5) is 13.4. The number of halogens is 1. The third-order valence-electron chi connectivity index (χ3n) is 2.67. The molecule has 1 aromatic rings. The van der Waals surface area contributed by atoms with E-state index in [-0.39, 0.29) is 4.64 Å². The number of nitrogens with one attached hydrogen (secondary N) is 1. The van der Waals surface area contributed by atoms with Crippen molar-refractivity contribution in [3.05, 3.63) is 34.1 Å². The minimum atomic E-state index is -0.468. The second-order valence-electron chi connectivity index (χ2n) is 4.22. The number of aryl methyl sites for hydroxylation is 1. The number of aromatic nitrogens is 2. The van der Waals surface area contributed by atoms with Crippen LogP contribution in [0.3, 0.4) is 0 Å². The molecule has 0 saturated carbocycles. The molecule has 1 aromatic heterocycles. The first-order valence-corrected chi connectivity index (χ1v) is 7.14. The number of nitrogens with zero attached hydrogens (tertiary/aromatic N) is 1. The molecule has 0 atom stereocenters. The van der Waals surface area contributed by atoms with Crippen molar-refractivity contribution in [1.82, 2.24) is 9.55 Å². The van der Waals surface area contributed by atoms with Gasteiger partial charge in [-0.05, 0) is 31.5 Å². The lowest BCUT2D eigenvalue weighted by Gasteiger charge is -2.07. The van der Waals surface area contributed by atoms with Gasteiger partial charge in [-0.2, -0.15) is 0 Å². The Morgan fingerprint density at radius 1 is 1.40 bits per heavy atom. The Hall–Kier alpha value is -1.34. The number of H-pyrrole nitrogens is 1. The highest BCUT2D eigenvalue weighted by Gasteiger charge is 1.99.